The average Bonchev–Trinajstić information content (AvgIpc) is 3.38. The molecule has 0 saturated heterocycles. The van der Waals surface area contributed by atoms with Crippen LogP contribution in [0.2, 0.25) is 0 Å². The molecule has 0 aliphatic heterocycles. The molecule has 1 aromatic carbocycles. The number of carbonyl (C=O) groups excluding carboxylic acids is 2. The molecular formula is C28H38N2O5. The van der Waals surface area contributed by atoms with Gasteiger partial charge in [-0.25, -0.2) is 0 Å². The van der Waals surface area contributed by atoms with E-state index in [9.17, 15) is 14.7 Å². The van der Waals surface area contributed by atoms with Crippen molar-refractivity contribution in [2.24, 2.45) is 29.1 Å². The molecule has 7 nitrogen and oxygen atoms in total. The van der Waals surface area contributed by atoms with Gasteiger partial charge in [0, 0.05) is 17.5 Å². The van der Waals surface area contributed by atoms with Gasteiger partial charge in [0.25, 0.3) is 5.91 Å². The molecule has 7 heteroatoms. The number of nitrogens with one attached hydrogen (secondary N) is 2. The SMILES string of the molecule is COc1ccc(C(=O)N[C@H]2CC[C@]3(C)CCC([C@H](C)C(=O)NCc4ccco4)[C@H](O)[C@H]3[C@@H]2C)cc1. The van der Waals surface area contributed by atoms with Crippen LogP contribution in [-0.4, -0.2) is 36.2 Å². The molecule has 1 unspecified atom stereocenters. The number of fused-ring (bicyclic) bond motifs is 1. The molecule has 3 N–H and O–H groups in total. The van der Waals surface area contributed by atoms with E-state index in [4.69, 9.17) is 9.15 Å². The van der Waals surface area contributed by atoms with Crippen molar-refractivity contribution < 1.29 is 23.8 Å². The summed E-state index contributed by atoms with van der Waals surface area (Å²) in [6.45, 7) is 6.64. The molecule has 4 rings (SSSR count). The van der Waals surface area contributed by atoms with Gasteiger partial charge in [-0.3, -0.25) is 9.59 Å². The van der Waals surface area contributed by atoms with Crippen molar-refractivity contribution in [2.75, 3.05) is 7.11 Å². The lowest BCUT2D eigenvalue weighted by Gasteiger charge is -2.56. The highest BCUT2D eigenvalue weighted by Gasteiger charge is 2.53. The molecule has 1 heterocycles. The first-order chi connectivity index (χ1) is 16.7. The van der Waals surface area contributed by atoms with Crippen molar-refractivity contribution >= 4 is 11.8 Å². The van der Waals surface area contributed by atoms with Gasteiger partial charge < -0.3 is 24.9 Å². The zero-order chi connectivity index (χ0) is 25.2. The van der Waals surface area contributed by atoms with E-state index in [-0.39, 0.29) is 46.9 Å². The minimum absolute atomic E-state index is 0.00103. The van der Waals surface area contributed by atoms with E-state index in [1.54, 1.807) is 43.7 Å². The van der Waals surface area contributed by atoms with Gasteiger partial charge in [-0.2, -0.15) is 0 Å². The normalized spacial score (nSPS) is 31.2. The van der Waals surface area contributed by atoms with E-state index in [0.29, 0.717) is 23.6 Å². The van der Waals surface area contributed by atoms with Crippen LogP contribution in [0.1, 0.15) is 62.6 Å². The summed E-state index contributed by atoms with van der Waals surface area (Å²) in [6.07, 6.45) is 4.60. The standard InChI is InChI=1S/C28H38N2O5/c1-17(26(32)29-16-21-6-5-15-35-21)22-11-13-28(3)14-12-23(18(2)24(28)25(22)31)30-27(33)19-7-9-20(34-4)10-8-19/h5-10,15,17-18,22-25,31H,11-14,16H2,1-4H3,(H,29,32)(H,30,33)/t17-,18+,22?,23-,24+,25-,28-/m0/s1. The van der Waals surface area contributed by atoms with E-state index < -0.39 is 6.10 Å². The number of ether oxygens (including phenoxy) is 1. The lowest BCUT2D eigenvalue weighted by atomic mass is 9.51. The highest BCUT2D eigenvalue weighted by molar-refractivity contribution is 5.94. The van der Waals surface area contributed by atoms with Crippen LogP contribution >= 0.6 is 0 Å². The summed E-state index contributed by atoms with van der Waals surface area (Å²) >= 11 is 0. The maximum absolute atomic E-state index is 12.9. The molecule has 2 aliphatic rings. The molecule has 2 aliphatic carbocycles. The molecular weight excluding hydrogens is 444 g/mol. The summed E-state index contributed by atoms with van der Waals surface area (Å²) in [4.78, 5) is 25.8. The maximum Gasteiger partial charge on any atom is 0.251 e. The van der Waals surface area contributed by atoms with E-state index in [1.165, 1.54) is 0 Å². The van der Waals surface area contributed by atoms with Crippen LogP contribution in [0.15, 0.2) is 47.1 Å². The number of furan rings is 1. The lowest BCUT2D eigenvalue weighted by Crippen LogP contribution is -2.58. The number of carbonyl (C=O) groups is 2. The first-order valence-electron chi connectivity index (χ1n) is 12.7. The van der Waals surface area contributed by atoms with Crippen LogP contribution in [-0.2, 0) is 11.3 Å². The third kappa shape index (κ3) is 5.25. The van der Waals surface area contributed by atoms with Crippen molar-refractivity contribution in [3.8, 4) is 5.75 Å². The Morgan fingerprint density at radius 1 is 1.20 bits per heavy atom. The predicted octanol–water partition coefficient (Wildman–Crippen LogP) is 4.16. The number of rotatable bonds is 7. The third-order valence-corrected chi connectivity index (χ3v) is 8.63. The van der Waals surface area contributed by atoms with Crippen molar-refractivity contribution in [2.45, 2.75) is 65.1 Å². The van der Waals surface area contributed by atoms with Crippen molar-refractivity contribution in [3.63, 3.8) is 0 Å². The largest absolute Gasteiger partial charge is 0.497 e. The first kappa shape index (κ1) is 25.3. The lowest BCUT2D eigenvalue weighted by molar-refractivity contribution is -0.142. The number of methoxy groups -OCH3 is 1. The Morgan fingerprint density at radius 2 is 1.91 bits per heavy atom. The Labute approximate surface area is 207 Å². The van der Waals surface area contributed by atoms with Crippen LogP contribution in [0.3, 0.4) is 0 Å². The molecule has 2 fully saturated rings. The highest BCUT2D eigenvalue weighted by Crippen LogP contribution is 2.55. The van der Waals surface area contributed by atoms with E-state index in [1.807, 2.05) is 13.0 Å². The van der Waals surface area contributed by atoms with Gasteiger partial charge in [0.2, 0.25) is 5.91 Å². The molecule has 190 valence electrons. The molecule has 0 radical (unpaired) electrons. The predicted molar refractivity (Wildman–Crippen MR) is 133 cm³/mol. The summed E-state index contributed by atoms with van der Waals surface area (Å²) in [5.74, 6) is 0.904. The second-order valence-electron chi connectivity index (χ2n) is 10.7. The van der Waals surface area contributed by atoms with E-state index in [2.05, 4.69) is 24.5 Å². The number of aliphatic hydroxyl groups excluding tert-OH is 1. The number of amides is 2. The monoisotopic (exact) mass is 482 g/mol. The van der Waals surface area contributed by atoms with Crippen molar-refractivity contribution in [3.05, 3.63) is 54.0 Å². The minimum Gasteiger partial charge on any atom is -0.497 e. The Bertz CT molecular complexity index is 1000. The van der Waals surface area contributed by atoms with E-state index >= 15 is 0 Å². The van der Waals surface area contributed by atoms with Gasteiger partial charge in [-0.15, -0.1) is 0 Å². The minimum atomic E-state index is -0.603. The Kier molecular flexibility index (Phi) is 7.55. The topological polar surface area (TPSA) is 101 Å². The second kappa shape index (κ2) is 10.4. The van der Waals surface area contributed by atoms with Gasteiger partial charge in [-0.05, 0) is 85.3 Å². The molecule has 0 bridgehead atoms. The zero-order valence-electron chi connectivity index (χ0n) is 21.1. The summed E-state index contributed by atoms with van der Waals surface area (Å²) < 4.78 is 10.5. The number of aliphatic hydroxyl groups is 1. The van der Waals surface area contributed by atoms with Crippen LogP contribution in [0.5, 0.6) is 5.75 Å². The molecule has 0 spiro atoms. The average molecular weight is 483 g/mol. The highest BCUT2D eigenvalue weighted by atomic mass is 16.5. The Hall–Kier alpha value is -2.80. The van der Waals surface area contributed by atoms with Crippen LogP contribution < -0.4 is 15.4 Å². The van der Waals surface area contributed by atoms with Crippen molar-refractivity contribution in [1.29, 1.82) is 0 Å². The fraction of sp³-hybridized carbons (Fsp3) is 0.571. The molecule has 7 atom stereocenters. The van der Waals surface area contributed by atoms with Gasteiger partial charge in [0.05, 0.1) is 26.0 Å². The quantitative estimate of drug-likeness (QED) is 0.550. The van der Waals surface area contributed by atoms with Crippen molar-refractivity contribution in [1.82, 2.24) is 10.6 Å². The number of hydrogen-bond donors (Lipinski definition) is 3. The van der Waals surface area contributed by atoms with Gasteiger partial charge in [0.1, 0.15) is 11.5 Å². The molecule has 2 aromatic rings. The van der Waals surface area contributed by atoms with Crippen LogP contribution in [0.4, 0.5) is 0 Å². The molecule has 2 amide bonds. The van der Waals surface area contributed by atoms with Gasteiger partial charge in [0.15, 0.2) is 0 Å². The summed E-state index contributed by atoms with van der Waals surface area (Å²) in [7, 11) is 1.60. The van der Waals surface area contributed by atoms with E-state index in [0.717, 1.165) is 25.7 Å². The summed E-state index contributed by atoms with van der Waals surface area (Å²) in [5, 5.41) is 17.7. The van der Waals surface area contributed by atoms with Crippen LogP contribution in [0.25, 0.3) is 0 Å². The van der Waals surface area contributed by atoms with Gasteiger partial charge in [-0.1, -0.05) is 20.8 Å². The third-order valence-electron chi connectivity index (χ3n) is 8.63. The molecule has 35 heavy (non-hydrogen) atoms. The van der Waals surface area contributed by atoms with Crippen LogP contribution in [0, 0.1) is 29.1 Å². The summed E-state index contributed by atoms with van der Waals surface area (Å²) in [5.41, 5.74) is 0.594. The van der Waals surface area contributed by atoms with Gasteiger partial charge >= 0.3 is 0 Å². The Balaban J connectivity index is 1.42. The Morgan fingerprint density at radius 3 is 2.57 bits per heavy atom. The zero-order valence-corrected chi connectivity index (χ0v) is 21.1. The number of benzene rings is 1. The molecule has 2 saturated carbocycles. The molecule has 1 aromatic heterocycles. The smallest absolute Gasteiger partial charge is 0.251 e. The second-order valence-corrected chi connectivity index (χ2v) is 10.7. The first-order valence-corrected chi connectivity index (χ1v) is 12.7. The fourth-order valence-corrected chi connectivity index (χ4v) is 6.43. The number of hydrogen-bond acceptors (Lipinski definition) is 5. The summed E-state index contributed by atoms with van der Waals surface area (Å²) in [6, 6.07) is 10.7. The maximum atomic E-state index is 12.9. The fourth-order valence-electron chi connectivity index (χ4n) is 6.43.